The van der Waals surface area contributed by atoms with Crippen LogP contribution in [0.4, 0.5) is 10.5 Å². The lowest BCUT2D eigenvalue weighted by Gasteiger charge is -2.19. The van der Waals surface area contributed by atoms with Gasteiger partial charge in [-0.25, -0.2) is 22.2 Å². The van der Waals surface area contributed by atoms with E-state index in [0.717, 1.165) is 16.5 Å². The normalized spacial score (nSPS) is 12.2. The van der Waals surface area contributed by atoms with Gasteiger partial charge in [-0.05, 0) is 76.2 Å². The molecule has 5 aromatic rings. The van der Waals surface area contributed by atoms with E-state index in [9.17, 15) is 13.2 Å². The first-order valence-corrected chi connectivity index (χ1v) is 12.9. The minimum Gasteiger partial charge on any atom is -0.444 e. The Morgan fingerprint density at radius 1 is 1.06 bits per heavy atom. The summed E-state index contributed by atoms with van der Waals surface area (Å²) in [6, 6.07) is 17.5. The summed E-state index contributed by atoms with van der Waals surface area (Å²) in [5.41, 5.74) is 3.11. The molecule has 0 spiro atoms. The average molecular weight is 503 g/mol. The predicted octanol–water partition coefficient (Wildman–Crippen LogP) is 6.08. The van der Waals surface area contributed by atoms with E-state index in [1.54, 1.807) is 75.6 Å². The third-order valence-corrected chi connectivity index (χ3v) is 7.40. The van der Waals surface area contributed by atoms with Crippen molar-refractivity contribution in [3.05, 3.63) is 78.6 Å². The molecule has 2 N–H and O–H groups in total. The highest BCUT2D eigenvalue weighted by molar-refractivity contribution is 7.90. The molecule has 184 valence electrons. The number of aryl methyl sites for hydroxylation is 1. The number of amides is 1. The van der Waals surface area contributed by atoms with Crippen molar-refractivity contribution in [2.45, 2.75) is 38.2 Å². The minimum atomic E-state index is -3.96. The molecule has 0 radical (unpaired) electrons. The Morgan fingerprint density at radius 3 is 2.53 bits per heavy atom. The second kappa shape index (κ2) is 8.53. The van der Waals surface area contributed by atoms with Gasteiger partial charge in [0.2, 0.25) is 0 Å². The molecule has 3 heterocycles. The van der Waals surface area contributed by atoms with Crippen LogP contribution in [-0.2, 0) is 14.8 Å². The van der Waals surface area contributed by atoms with Crippen LogP contribution < -0.4 is 5.32 Å². The Hall–Kier alpha value is -4.11. The van der Waals surface area contributed by atoms with Crippen molar-refractivity contribution in [2.24, 2.45) is 0 Å². The van der Waals surface area contributed by atoms with E-state index in [4.69, 9.17) is 4.74 Å². The average Bonchev–Trinajstić information content (AvgIpc) is 3.39. The van der Waals surface area contributed by atoms with Crippen LogP contribution in [0.2, 0.25) is 0 Å². The summed E-state index contributed by atoms with van der Waals surface area (Å²) in [6.07, 6.45) is 2.77. The first-order chi connectivity index (χ1) is 17.0. The van der Waals surface area contributed by atoms with Gasteiger partial charge >= 0.3 is 6.09 Å². The van der Waals surface area contributed by atoms with Crippen molar-refractivity contribution in [3.8, 4) is 11.3 Å². The Kier molecular flexibility index (Phi) is 5.60. The number of benzene rings is 2. The molecule has 0 bridgehead atoms. The number of hydrogen-bond donors (Lipinski definition) is 2. The highest BCUT2D eigenvalue weighted by Crippen LogP contribution is 2.36. The smallest absolute Gasteiger partial charge is 0.412 e. The van der Waals surface area contributed by atoms with E-state index in [2.05, 4.69) is 15.3 Å². The monoisotopic (exact) mass is 502 g/mol. The van der Waals surface area contributed by atoms with Crippen LogP contribution in [0.1, 0.15) is 26.3 Å². The second-order valence-corrected chi connectivity index (χ2v) is 11.4. The molecule has 2 aromatic carbocycles. The fourth-order valence-corrected chi connectivity index (χ4v) is 5.57. The fraction of sp³-hybridized carbons (Fsp3) is 0.185. The van der Waals surface area contributed by atoms with E-state index >= 15 is 0 Å². The molecule has 36 heavy (non-hydrogen) atoms. The predicted molar refractivity (Wildman–Crippen MR) is 141 cm³/mol. The van der Waals surface area contributed by atoms with E-state index in [1.807, 2.05) is 25.1 Å². The third-order valence-electron chi connectivity index (χ3n) is 5.68. The zero-order valence-electron chi connectivity index (χ0n) is 20.4. The summed E-state index contributed by atoms with van der Waals surface area (Å²) in [6.45, 7) is 7.29. The number of hydrogen-bond acceptors (Lipinski definition) is 5. The summed E-state index contributed by atoms with van der Waals surface area (Å²) in [5.74, 6) is 0. The molecule has 3 aromatic heterocycles. The molecular weight excluding hydrogens is 476 g/mol. The molecule has 0 unspecified atom stereocenters. The number of nitrogens with one attached hydrogen (secondary N) is 2. The Morgan fingerprint density at radius 2 is 1.81 bits per heavy atom. The zero-order valence-corrected chi connectivity index (χ0v) is 21.2. The Balaban J connectivity index is 1.67. The number of rotatable bonds is 4. The van der Waals surface area contributed by atoms with Crippen molar-refractivity contribution in [3.63, 3.8) is 0 Å². The molecule has 0 atom stereocenters. The quantitative estimate of drug-likeness (QED) is 0.310. The SMILES string of the molecule is Cc1ccc(S(=O)(=O)n2c(-c3c[nH]c4ccc(NC(=O)OC(C)(C)C)cc34)cc3cccnc32)cc1. The van der Waals surface area contributed by atoms with Gasteiger partial charge in [0.1, 0.15) is 5.60 Å². The van der Waals surface area contributed by atoms with Crippen LogP contribution in [0.5, 0.6) is 0 Å². The van der Waals surface area contributed by atoms with Crippen molar-refractivity contribution in [1.29, 1.82) is 0 Å². The highest BCUT2D eigenvalue weighted by Gasteiger charge is 2.26. The topological polar surface area (TPSA) is 106 Å². The first kappa shape index (κ1) is 23.6. The van der Waals surface area contributed by atoms with Crippen LogP contribution in [0.25, 0.3) is 33.2 Å². The number of aromatic nitrogens is 3. The number of aromatic amines is 1. The van der Waals surface area contributed by atoms with Gasteiger partial charge in [-0.3, -0.25) is 5.32 Å². The number of nitrogens with zero attached hydrogens (tertiary/aromatic N) is 2. The molecule has 5 rings (SSSR count). The standard InChI is InChI=1S/C27H26N4O4S/c1-17-7-10-20(11-8-17)36(33,34)31-24(14-18-6-5-13-28-25(18)31)22-16-29-23-12-9-19(15-21(22)23)30-26(32)35-27(2,3)4/h5-16,29H,1-4H3,(H,30,32). The van der Waals surface area contributed by atoms with Crippen LogP contribution in [0, 0.1) is 6.92 Å². The molecule has 0 aliphatic rings. The van der Waals surface area contributed by atoms with Gasteiger partial charge in [0, 0.05) is 39.9 Å². The maximum atomic E-state index is 13.9. The Labute approximate surface area is 209 Å². The number of carbonyl (C=O) groups excluding carboxylic acids is 1. The molecule has 8 nitrogen and oxygen atoms in total. The van der Waals surface area contributed by atoms with Crippen LogP contribution in [-0.4, -0.2) is 34.1 Å². The lowest BCUT2D eigenvalue weighted by atomic mass is 10.1. The largest absolute Gasteiger partial charge is 0.444 e. The van der Waals surface area contributed by atoms with Gasteiger partial charge in [0.05, 0.1) is 10.6 Å². The first-order valence-electron chi connectivity index (χ1n) is 11.4. The van der Waals surface area contributed by atoms with Crippen LogP contribution in [0.15, 0.2) is 78.0 Å². The van der Waals surface area contributed by atoms with Gasteiger partial charge in [0.15, 0.2) is 5.65 Å². The van der Waals surface area contributed by atoms with Crippen LogP contribution >= 0.6 is 0 Å². The molecule has 0 fully saturated rings. The molecule has 0 saturated carbocycles. The van der Waals surface area contributed by atoms with E-state index < -0.39 is 21.7 Å². The molecule has 0 aliphatic heterocycles. The van der Waals surface area contributed by atoms with E-state index in [-0.39, 0.29) is 4.90 Å². The van der Waals surface area contributed by atoms with Crippen molar-refractivity contribution >= 4 is 43.7 Å². The highest BCUT2D eigenvalue weighted by atomic mass is 32.2. The van der Waals surface area contributed by atoms with Gasteiger partial charge in [-0.1, -0.05) is 17.7 Å². The van der Waals surface area contributed by atoms with Crippen molar-refractivity contribution in [1.82, 2.24) is 13.9 Å². The lowest BCUT2D eigenvalue weighted by molar-refractivity contribution is 0.0636. The maximum Gasteiger partial charge on any atom is 0.412 e. The molecule has 1 amide bonds. The van der Waals surface area contributed by atoms with Gasteiger partial charge in [0.25, 0.3) is 10.0 Å². The molecule has 0 saturated heterocycles. The molecule has 0 aliphatic carbocycles. The number of pyridine rings is 1. The van der Waals surface area contributed by atoms with Crippen LogP contribution in [0.3, 0.4) is 0 Å². The van der Waals surface area contributed by atoms with Crippen molar-refractivity contribution in [2.75, 3.05) is 5.32 Å². The third kappa shape index (κ3) is 4.33. The van der Waals surface area contributed by atoms with E-state index in [1.165, 1.54) is 3.97 Å². The molecular formula is C27H26N4O4S. The van der Waals surface area contributed by atoms with Gasteiger partial charge in [-0.15, -0.1) is 0 Å². The Bertz CT molecular complexity index is 1710. The number of ether oxygens (including phenoxy) is 1. The minimum absolute atomic E-state index is 0.171. The van der Waals surface area contributed by atoms with E-state index in [0.29, 0.717) is 28.0 Å². The number of fused-ring (bicyclic) bond motifs is 2. The summed E-state index contributed by atoms with van der Waals surface area (Å²) in [5, 5.41) is 4.19. The lowest BCUT2D eigenvalue weighted by Crippen LogP contribution is -2.27. The number of anilines is 1. The maximum absolute atomic E-state index is 13.9. The summed E-state index contributed by atoms with van der Waals surface area (Å²) < 4.78 is 34.4. The fourth-order valence-electron chi connectivity index (χ4n) is 4.09. The van der Waals surface area contributed by atoms with Crippen molar-refractivity contribution < 1.29 is 17.9 Å². The van der Waals surface area contributed by atoms with Gasteiger partial charge in [-0.2, -0.15) is 0 Å². The zero-order chi connectivity index (χ0) is 25.7. The molecule has 9 heteroatoms. The summed E-state index contributed by atoms with van der Waals surface area (Å²) in [7, 11) is -3.96. The second-order valence-electron chi connectivity index (χ2n) is 9.62. The summed E-state index contributed by atoms with van der Waals surface area (Å²) >= 11 is 0. The van der Waals surface area contributed by atoms with Gasteiger partial charge < -0.3 is 9.72 Å². The summed E-state index contributed by atoms with van der Waals surface area (Å²) in [4.78, 5) is 20.1. The number of H-pyrrole nitrogens is 1. The number of carbonyl (C=O) groups is 1.